The van der Waals surface area contributed by atoms with Crippen LogP contribution >= 0.6 is 0 Å². The smallest absolute Gasteiger partial charge is 0.254 e. The number of amides is 1. The van der Waals surface area contributed by atoms with Crippen molar-refractivity contribution in [3.63, 3.8) is 0 Å². The van der Waals surface area contributed by atoms with Crippen molar-refractivity contribution < 1.29 is 4.79 Å². The highest BCUT2D eigenvalue weighted by molar-refractivity contribution is 6.07. The fraction of sp³-hybridized carbons (Fsp3) is 0.423. The minimum absolute atomic E-state index is 0.0803. The van der Waals surface area contributed by atoms with E-state index in [0.29, 0.717) is 12.0 Å². The maximum atomic E-state index is 13.6. The maximum absolute atomic E-state index is 13.6. The SMILES string of the molecule is CN(C[C@@H]1CCCN2CCCC[C@H]12)C(=O)c1cc(-c2cccnc2)nc2ccccc12. The topological polar surface area (TPSA) is 49.3 Å². The lowest BCUT2D eigenvalue weighted by atomic mass is 9.83. The van der Waals surface area contributed by atoms with Gasteiger partial charge in [-0.2, -0.15) is 0 Å². The first-order valence-electron chi connectivity index (χ1n) is 11.5. The molecule has 2 fully saturated rings. The predicted octanol–water partition coefficient (Wildman–Crippen LogP) is 4.63. The minimum atomic E-state index is 0.0803. The van der Waals surface area contributed by atoms with Gasteiger partial charge in [-0.05, 0) is 69.0 Å². The normalized spacial score (nSPS) is 21.6. The zero-order chi connectivity index (χ0) is 21.2. The van der Waals surface area contributed by atoms with Crippen LogP contribution in [0.3, 0.4) is 0 Å². The lowest BCUT2D eigenvalue weighted by Gasteiger charge is -2.45. The van der Waals surface area contributed by atoms with Crippen molar-refractivity contribution in [2.45, 2.75) is 38.1 Å². The summed E-state index contributed by atoms with van der Waals surface area (Å²) in [6.07, 6.45) is 9.92. The van der Waals surface area contributed by atoms with Gasteiger partial charge in [-0.3, -0.25) is 9.78 Å². The molecule has 0 radical (unpaired) electrons. The van der Waals surface area contributed by atoms with Crippen LogP contribution < -0.4 is 0 Å². The number of fused-ring (bicyclic) bond motifs is 2. The minimum Gasteiger partial charge on any atom is -0.341 e. The molecule has 0 N–H and O–H groups in total. The molecule has 2 aliphatic rings. The quantitative estimate of drug-likeness (QED) is 0.624. The molecule has 5 heteroatoms. The fourth-order valence-electron chi connectivity index (χ4n) is 5.44. The van der Waals surface area contributed by atoms with Crippen LogP contribution in [0.4, 0.5) is 0 Å². The van der Waals surface area contributed by atoms with E-state index < -0.39 is 0 Å². The molecule has 160 valence electrons. The van der Waals surface area contributed by atoms with Gasteiger partial charge in [0.05, 0.1) is 16.8 Å². The van der Waals surface area contributed by atoms with Crippen LogP contribution in [0.2, 0.25) is 0 Å². The van der Waals surface area contributed by atoms with Gasteiger partial charge in [-0.1, -0.05) is 24.6 Å². The maximum Gasteiger partial charge on any atom is 0.254 e. The monoisotopic (exact) mass is 414 g/mol. The lowest BCUT2D eigenvalue weighted by Crippen LogP contribution is -2.51. The van der Waals surface area contributed by atoms with E-state index in [4.69, 9.17) is 4.98 Å². The van der Waals surface area contributed by atoms with Crippen LogP contribution in [-0.2, 0) is 0 Å². The van der Waals surface area contributed by atoms with Gasteiger partial charge in [0, 0.05) is 43.0 Å². The first-order chi connectivity index (χ1) is 15.2. The van der Waals surface area contributed by atoms with E-state index in [1.54, 1.807) is 12.4 Å². The fourth-order valence-corrected chi connectivity index (χ4v) is 5.44. The second-order valence-electron chi connectivity index (χ2n) is 9.00. The number of rotatable bonds is 4. The standard InChI is InChI=1S/C26H30N4O/c1-29(18-20-9-7-15-30-14-5-4-12-25(20)30)26(31)22-16-24(19-8-6-13-27-17-19)28-23-11-3-2-10-21(22)23/h2-3,6,8,10-11,13,16-17,20,25H,4-5,7,9,12,14-15,18H2,1H3/t20-,25+/m0/s1. The number of piperidine rings is 2. The molecule has 2 saturated heterocycles. The molecule has 5 rings (SSSR count). The number of carbonyl (C=O) groups excluding carboxylic acids is 1. The molecule has 0 unspecified atom stereocenters. The summed E-state index contributed by atoms with van der Waals surface area (Å²) in [5.74, 6) is 0.644. The highest BCUT2D eigenvalue weighted by atomic mass is 16.2. The third kappa shape index (κ3) is 4.07. The van der Waals surface area contributed by atoms with E-state index in [1.165, 1.54) is 45.2 Å². The average Bonchev–Trinajstić information content (AvgIpc) is 2.83. The summed E-state index contributed by atoms with van der Waals surface area (Å²) in [6.45, 7) is 3.27. The van der Waals surface area contributed by atoms with Gasteiger partial charge < -0.3 is 9.80 Å². The highest BCUT2D eigenvalue weighted by Gasteiger charge is 2.34. The van der Waals surface area contributed by atoms with Gasteiger partial charge in [-0.15, -0.1) is 0 Å². The van der Waals surface area contributed by atoms with Gasteiger partial charge in [0.2, 0.25) is 0 Å². The number of para-hydroxylation sites is 1. The summed E-state index contributed by atoms with van der Waals surface area (Å²) in [5, 5.41) is 0.912. The van der Waals surface area contributed by atoms with Gasteiger partial charge in [0.1, 0.15) is 0 Å². The summed E-state index contributed by atoms with van der Waals surface area (Å²) < 4.78 is 0. The van der Waals surface area contributed by atoms with E-state index in [2.05, 4.69) is 9.88 Å². The molecular weight excluding hydrogens is 384 g/mol. The highest BCUT2D eigenvalue weighted by Crippen LogP contribution is 2.32. The third-order valence-electron chi connectivity index (χ3n) is 6.99. The lowest BCUT2D eigenvalue weighted by molar-refractivity contribution is 0.0403. The summed E-state index contributed by atoms with van der Waals surface area (Å²) in [5.41, 5.74) is 3.29. The second-order valence-corrected chi connectivity index (χ2v) is 9.00. The largest absolute Gasteiger partial charge is 0.341 e. The Morgan fingerprint density at radius 2 is 1.97 bits per heavy atom. The molecule has 2 aliphatic heterocycles. The van der Waals surface area contributed by atoms with Crippen molar-refractivity contribution in [3.8, 4) is 11.3 Å². The van der Waals surface area contributed by atoms with Crippen molar-refractivity contribution in [3.05, 3.63) is 60.4 Å². The predicted molar refractivity (Wildman–Crippen MR) is 124 cm³/mol. The first kappa shape index (κ1) is 20.1. The van der Waals surface area contributed by atoms with Crippen molar-refractivity contribution in [1.82, 2.24) is 19.8 Å². The van der Waals surface area contributed by atoms with Crippen LogP contribution in [0.1, 0.15) is 42.5 Å². The number of carbonyl (C=O) groups is 1. The first-order valence-corrected chi connectivity index (χ1v) is 11.5. The van der Waals surface area contributed by atoms with Crippen LogP contribution in [-0.4, -0.2) is 58.4 Å². The van der Waals surface area contributed by atoms with E-state index in [1.807, 2.05) is 54.4 Å². The molecule has 3 aromatic rings. The number of nitrogens with zero attached hydrogens (tertiary/aromatic N) is 4. The van der Waals surface area contributed by atoms with Crippen LogP contribution in [0, 0.1) is 5.92 Å². The van der Waals surface area contributed by atoms with Crippen LogP contribution in [0.15, 0.2) is 54.9 Å². The summed E-state index contributed by atoms with van der Waals surface area (Å²) in [6, 6.07) is 14.4. The van der Waals surface area contributed by atoms with E-state index in [-0.39, 0.29) is 5.91 Å². The van der Waals surface area contributed by atoms with Crippen LogP contribution in [0.25, 0.3) is 22.2 Å². The number of hydrogen-bond donors (Lipinski definition) is 0. The molecule has 1 aromatic carbocycles. The summed E-state index contributed by atoms with van der Waals surface area (Å²) >= 11 is 0. The Labute approximate surface area is 184 Å². The Bertz CT molecular complexity index is 1070. The van der Waals surface area contributed by atoms with E-state index >= 15 is 0 Å². The van der Waals surface area contributed by atoms with E-state index in [9.17, 15) is 4.79 Å². The molecule has 0 aliphatic carbocycles. The molecule has 4 heterocycles. The molecule has 0 spiro atoms. The van der Waals surface area contributed by atoms with E-state index in [0.717, 1.165) is 34.3 Å². The average molecular weight is 415 g/mol. The zero-order valence-corrected chi connectivity index (χ0v) is 18.2. The van der Waals surface area contributed by atoms with Gasteiger partial charge in [0.25, 0.3) is 5.91 Å². The Morgan fingerprint density at radius 3 is 2.84 bits per heavy atom. The molecule has 1 amide bonds. The Morgan fingerprint density at radius 1 is 1.10 bits per heavy atom. The Balaban J connectivity index is 1.44. The Hall–Kier alpha value is -2.79. The van der Waals surface area contributed by atoms with Gasteiger partial charge in [0.15, 0.2) is 0 Å². The number of benzene rings is 1. The Kier molecular flexibility index (Phi) is 5.68. The molecular formula is C26H30N4O. The molecule has 31 heavy (non-hydrogen) atoms. The van der Waals surface area contributed by atoms with Gasteiger partial charge in [-0.25, -0.2) is 4.98 Å². The number of hydrogen-bond acceptors (Lipinski definition) is 4. The second kappa shape index (κ2) is 8.75. The zero-order valence-electron chi connectivity index (χ0n) is 18.2. The number of pyridine rings is 2. The van der Waals surface area contributed by atoms with Crippen molar-refractivity contribution in [2.75, 3.05) is 26.7 Å². The van der Waals surface area contributed by atoms with Crippen molar-refractivity contribution >= 4 is 16.8 Å². The molecule has 0 saturated carbocycles. The van der Waals surface area contributed by atoms with Gasteiger partial charge >= 0.3 is 0 Å². The summed E-state index contributed by atoms with van der Waals surface area (Å²) in [7, 11) is 1.96. The molecule has 5 nitrogen and oxygen atoms in total. The van der Waals surface area contributed by atoms with Crippen molar-refractivity contribution in [1.29, 1.82) is 0 Å². The molecule has 2 atom stereocenters. The molecule has 0 bridgehead atoms. The number of aromatic nitrogens is 2. The summed E-state index contributed by atoms with van der Waals surface area (Å²) in [4.78, 5) is 27.3. The van der Waals surface area contributed by atoms with Crippen LogP contribution in [0.5, 0.6) is 0 Å². The molecule has 2 aromatic heterocycles. The van der Waals surface area contributed by atoms with Crippen molar-refractivity contribution in [2.24, 2.45) is 5.92 Å². The third-order valence-corrected chi connectivity index (χ3v) is 6.99.